The fraction of sp³-hybridized carbons (Fsp3) is 0.118. The van der Waals surface area contributed by atoms with Crippen molar-refractivity contribution >= 4 is 52.1 Å². The molecule has 0 spiro atoms. The van der Waals surface area contributed by atoms with E-state index in [4.69, 9.17) is 23.2 Å². The maximum absolute atomic E-state index is 12.1. The molecule has 2 amide bonds. The summed E-state index contributed by atoms with van der Waals surface area (Å²) in [6.07, 6.45) is -0.115. The highest BCUT2D eigenvalue weighted by Gasteiger charge is 2.18. The Morgan fingerprint density at radius 1 is 1.19 bits per heavy atom. The molecule has 0 aliphatic heterocycles. The number of nitro benzene ring substituents is 1. The largest absolute Gasteiger partial charge is 0.324 e. The fourth-order valence-electron chi connectivity index (χ4n) is 2.09. The van der Waals surface area contributed by atoms with Gasteiger partial charge in [0.25, 0.3) is 11.6 Å². The van der Waals surface area contributed by atoms with E-state index in [-0.39, 0.29) is 22.7 Å². The molecule has 0 radical (unpaired) electrons. The standard InChI is InChI=1S/C17H14Cl2N4O4/c1-10(8-16(24)20-14-7-6-11(18)9-13(14)19)21-22-17(25)12-4-2-3-5-15(12)23(26)27/h2-7,9H,8H2,1H3,(H,20,24)(H,22,25)/b21-10-. The second-order valence-corrected chi connectivity index (χ2v) is 6.26. The van der Waals surface area contributed by atoms with Gasteiger partial charge in [0.1, 0.15) is 5.56 Å². The smallest absolute Gasteiger partial charge is 0.282 e. The minimum Gasteiger partial charge on any atom is -0.324 e. The highest BCUT2D eigenvalue weighted by molar-refractivity contribution is 6.36. The number of hydrogen-bond acceptors (Lipinski definition) is 5. The third-order valence-corrected chi connectivity index (χ3v) is 3.86. The number of carbonyl (C=O) groups excluding carboxylic acids is 2. The van der Waals surface area contributed by atoms with Crippen LogP contribution < -0.4 is 10.7 Å². The number of para-hydroxylation sites is 1. The Labute approximate surface area is 164 Å². The number of nitrogens with zero attached hydrogens (tertiary/aromatic N) is 2. The summed E-state index contributed by atoms with van der Waals surface area (Å²) in [5.74, 6) is -1.15. The molecule has 2 rings (SSSR count). The van der Waals surface area contributed by atoms with E-state index in [1.165, 1.54) is 37.3 Å². The van der Waals surface area contributed by atoms with Gasteiger partial charge in [-0.05, 0) is 31.2 Å². The summed E-state index contributed by atoms with van der Waals surface area (Å²) >= 11 is 11.8. The van der Waals surface area contributed by atoms with Crippen molar-refractivity contribution in [1.29, 1.82) is 0 Å². The molecule has 10 heteroatoms. The van der Waals surface area contributed by atoms with Crippen molar-refractivity contribution in [2.75, 3.05) is 5.32 Å². The van der Waals surface area contributed by atoms with Gasteiger partial charge in [0.15, 0.2) is 0 Å². The lowest BCUT2D eigenvalue weighted by Gasteiger charge is -2.07. The molecule has 0 aliphatic carbocycles. The van der Waals surface area contributed by atoms with E-state index in [1.807, 2.05) is 0 Å². The van der Waals surface area contributed by atoms with Crippen LogP contribution in [0.1, 0.15) is 23.7 Å². The number of hydrogen-bond donors (Lipinski definition) is 2. The van der Waals surface area contributed by atoms with Crippen molar-refractivity contribution in [3.05, 3.63) is 68.2 Å². The van der Waals surface area contributed by atoms with Crippen molar-refractivity contribution in [2.24, 2.45) is 5.10 Å². The average Bonchev–Trinajstić information content (AvgIpc) is 2.62. The van der Waals surface area contributed by atoms with Crippen LogP contribution in [0.25, 0.3) is 0 Å². The number of nitrogens with one attached hydrogen (secondary N) is 2. The van der Waals surface area contributed by atoms with Crippen LogP contribution in [0, 0.1) is 10.1 Å². The minimum atomic E-state index is -0.747. The number of nitro groups is 1. The third-order valence-electron chi connectivity index (χ3n) is 3.32. The van der Waals surface area contributed by atoms with Gasteiger partial charge in [-0.1, -0.05) is 35.3 Å². The Morgan fingerprint density at radius 2 is 1.89 bits per heavy atom. The van der Waals surface area contributed by atoms with E-state index in [1.54, 1.807) is 12.1 Å². The lowest BCUT2D eigenvalue weighted by Crippen LogP contribution is -2.22. The van der Waals surface area contributed by atoms with Crippen molar-refractivity contribution < 1.29 is 14.5 Å². The Balaban J connectivity index is 1.98. The molecule has 27 heavy (non-hydrogen) atoms. The fourth-order valence-corrected chi connectivity index (χ4v) is 2.54. The van der Waals surface area contributed by atoms with E-state index < -0.39 is 16.7 Å². The number of rotatable bonds is 6. The molecule has 140 valence electrons. The second-order valence-electron chi connectivity index (χ2n) is 5.41. The molecule has 0 unspecified atom stereocenters. The van der Waals surface area contributed by atoms with E-state index in [9.17, 15) is 19.7 Å². The van der Waals surface area contributed by atoms with Gasteiger partial charge in [-0.2, -0.15) is 5.10 Å². The lowest BCUT2D eigenvalue weighted by atomic mass is 10.2. The van der Waals surface area contributed by atoms with Crippen LogP contribution in [-0.2, 0) is 4.79 Å². The molecule has 2 aromatic carbocycles. The van der Waals surface area contributed by atoms with Gasteiger partial charge in [-0.25, -0.2) is 5.43 Å². The van der Waals surface area contributed by atoms with Crippen LogP contribution in [0.15, 0.2) is 47.6 Å². The van der Waals surface area contributed by atoms with Crippen LogP contribution in [0.3, 0.4) is 0 Å². The van der Waals surface area contributed by atoms with Gasteiger partial charge in [-0.3, -0.25) is 19.7 Å². The molecular formula is C17H14Cl2N4O4. The molecule has 0 aliphatic rings. The summed E-state index contributed by atoms with van der Waals surface area (Å²) in [6.45, 7) is 1.53. The van der Waals surface area contributed by atoms with Gasteiger partial charge in [0, 0.05) is 16.8 Å². The van der Waals surface area contributed by atoms with Gasteiger partial charge in [0.05, 0.1) is 22.1 Å². The zero-order valence-electron chi connectivity index (χ0n) is 14.0. The van der Waals surface area contributed by atoms with Gasteiger partial charge in [0.2, 0.25) is 5.91 Å². The molecule has 8 nitrogen and oxygen atoms in total. The predicted octanol–water partition coefficient (Wildman–Crippen LogP) is 4.04. The summed E-state index contributed by atoms with van der Waals surface area (Å²) in [7, 11) is 0. The minimum absolute atomic E-state index is 0.115. The molecule has 2 aromatic rings. The molecule has 0 aromatic heterocycles. The molecular weight excluding hydrogens is 395 g/mol. The number of halogens is 2. The summed E-state index contributed by atoms with van der Waals surface area (Å²) in [5, 5.41) is 18.1. The van der Waals surface area contributed by atoms with E-state index in [2.05, 4.69) is 15.8 Å². The first-order valence-electron chi connectivity index (χ1n) is 7.59. The van der Waals surface area contributed by atoms with Crippen LogP contribution >= 0.6 is 23.2 Å². The number of anilines is 1. The number of benzene rings is 2. The van der Waals surface area contributed by atoms with E-state index in [0.717, 1.165) is 0 Å². The van der Waals surface area contributed by atoms with Gasteiger partial charge >= 0.3 is 0 Å². The van der Waals surface area contributed by atoms with Crippen molar-refractivity contribution in [3.8, 4) is 0 Å². The van der Waals surface area contributed by atoms with Crippen molar-refractivity contribution in [2.45, 2.75) is 13.3 Å². The Morgan fingerprint density at radius 3 is 2.56 bits per heavy atom. The highest BCUT2D eigenvalue weighted by Crippen LogP contribution is 2.25. The Bertz CT molecular complexity index is 931. The second kappa shape index (κ2) is 9.11. The highest BCUT2D eigenvalue weighted by atomic mass is 35.5. The van der Waals surface area contributed by atoms with E-state index >= 15 is 0 Å². The molecule has 2 N–H and O–H groups in total. The zero-order valence-corrected chi connectivity index (χ0v) is 15.5. The summed E-state index contributed by atoms with van der Waals surface area (Å²) in [5.41, 5.74) is 2.43. The molecule has 0 heterocycles. The van der Waals surface area contributed by atoms with Crippen LogP contribution in [0.4, 0.5) is 11.4 Å². The summed E-state index contributed by atoms with van der Waals surface area (Å²) < 4.78 is 0. The first-order chi connectivity index (χ1) is 12.8. The van der Waals surface area contributed by atoms with E-state index in [0.29, 0.717) is 16.4 Å². The number of carbonyl (C=O) groups is 2. The maximum atomic E-state index is 12.1. The first-order valence-corrected chi connectivity index (χ1v) is 8.35. The number of hydrazone groups is 1. The topological polar surface area (TPSA) is 114 Å². The first kappa shape index (κ1) is 20.3. The van der Waals surface area contributed by atoms with Crippen LogP contribution in [-0.4, -0.2) is 22.4 Å². The number of amides is 2. The maximum Gasteiger partial charge on any atom is 0.282 e. The zero-order chi connectivity index (χ0) is 20.0. The monoisotopic (exact) mass is 408 g/mol. The van der Waals surface area contributed by atoms with Gasteiger partial charge in [-0.15, -0.1) is 0 Å². The Kier molecular flexibility index (Phi) is 6.86. The van der Waals surface area contributed by atoms with Crippen LogP contribution in [0.2, 0.25) is 10.0 Å². The summed E-state index contributed by atoms with van der Waals surface area (Å²) in [4.78, 5) is 34.4. The predicted molar refractivity (Wildman–Crippen MR) is 103 cm³/mol. The third kappa shape index (κ3) is 5.77. The lowest BCUT2D eigenvalue weighted by molar-refractivity contribution is -0.385. The van der Waals surface area contributed by atoms with Gasteiger partial charge < -0.3 is 5.32 Å². The molecule has 0 saturated carbocycles. The van der Waals surface area contributed by atoms with Crippen molar-refractivity contribution in [1.82, 2.24) is 5.43 Å². The SMILES string of the molecule is C/C(CC(=O)Nc1ccc(Cl)cc1Cl)=N/NC(=O)c1ccccc1[N+](=O)[O-]. The molecule has 0 bridgehead atoms. The molecule has 0 atom stereocenters. The van der Waals surface area contributed by atoms with Crippen molar-refractivity contribution in [3.63, 3.8) is 0 Å². The average molecular weight is 409 g/mol. The quantitative estimate of drug-likeness (QED) is 0.426. The molecule has 0 fully saturated rings. The Hall–Kier alpha value is -2.97. The molecule has 0 saturated heterocycles. The summed E-state index contributed by atoms with van der Waals surface area (Å²) in [6, 6.07) is 10.1. The van der Waals surface area contributed by atoms with Crippen LogP contribution in [0.5, 0.6) is 0 Å². The normalized spacial score (nSPS) is 11.0.